The van der Waals surface area contributed by atoms with Crippen molar-refractivity contribution in [3.63, 3.8) is 0 Å². The van der Waals surface area contributed by atoms with E-state index in [1.54, 1.807) is 6.07 Å². The number of allylic oxidation sites excluding steroid dienone is 1. The Morgan fingerprint density at radius 1 is 0.792 bits per heavy atom. The number of hydrogen-bond acceptors (Lipinski definition) is 4. The Balaban J connectivity index is 2.27. The van der Waals surface area contributed by atoms with Crippen molar-refractivity contribution in [3.8, 4) is 23.0 Å². The number of phenols is 4. The highest BCUT2D eigenvalue weighted by atomic mass is 127. The van der Waals surface area contributed by atoms with Crippen LogP contribution in [-0.4, -0.2) is 20.4 Å². The van der Waals surface area contributed by atoms with Gasteiger partial charge in [-0.25, -0.2) is 0 Å². The fourth-order valence-electron chi connectivity index (χ4n) is 2.12. The van der Waals surface area contributed by atoms with Gasteiger partial charge in [-0.15, -0.1) is 0 Å². The predicted molar refractivity (Wildman–Crippen MR) is 128 cm³/mol. The highest BCUT2D eigenvalue weighted by molar-refractivity contribution is 14.1. The number of phenolic OH excluding ortho intramolecular Hbond substituents is 4. The van der Waals surface area contributed by atoms with E-state index in [-0.39, 0.29) is 23.0 Å². The van der Waals surface area contributed by atoms with Crippen LogP contribution >= 0.6 is 90.4 Å². The minimum Gasteiger partial charge on any atom is -0.504 e. The number of hydrogen-bond donors (Lipinski definition) is 4. The van der Waals surface area contributed by atoms with Crippen LogP contribution in [0.4, 0.5) is 0 Å². The third-order valence-electron chi connectivity index (χ3n) is 3.48. The molecule has 0 bridgehead atoms. The molecule has 0 amide bonds. The average molecular weight is 776 g/mol. The average Bonchev–Trinajstić information content (AvgIpc) is 2.56. The minimum absolute atomic E-state index is 0.102. The molecule has 0 aliphatic heterocycles. The van der Waals surface area contributed by atoms with E-state index in [2.05, 4.69) is 6.58 Å². The molecule has 4 N–H and O–H groups in total. The Hall–Kier alpha value is 0.300. The van der Waals surface area contributed by atoms with E-state index in [0.717, 1.165) is 16.7 Å². The van der Waals surface area contributed by atoms with Gasteiger partial charge in [-0.05, 0) is 132 Å². The van der Waals surface area contributed by atoms with E-state index in [9.17, 15) is 20.4 Å². The van der Waals surface area contributed by atoms with Crippen molar-refractivity contribution < 1.29 is 20.4 Å². The van der Waals surface area contributed by atoms with Gasteiger partial charge in [-0.1, -0.05) is 6.58 Å². The molecule has 0 atom stereocenters. The number of rotatable bonds is 4. The third kappa shape index (κ3) is 4.16. The van der Waals surface area contributed by atoms with Crippen molar-refractivity contribution in [1.82, 2.24) is 0 Å². The highest BCUT2D eigenvalue weighted by Gasteiger charge is 2.17. The zero-order chi connectivity index (χ0) is 18.2. The Kier molecular flexibility index (Phi) is 7.15. The van der Waals surface area contributed by atoms with E-state index in [0.29, 0.717) is 27.1 Å². The van der Waals surface area contributed by atoms with E-state index >= 15 is 0 Å². The van der Waals surface area contributed by atoms with E-state index in [1.807, 2.05) is 96.4 Å². The van der Waals surface area contributed by atoms with Crippen LogP contribution in [0, 0.1) is 14.3 Å². The first-order chi connectivity index (χ1) is 11.1. The topological polar surface area (TPSA) is 80.9 Å². The molecule has 0 aromatic heterocycles. The van der Waals surface area contributed by atoms with Crippen LogP contribution in [0.25, 0.3) is 5.57 Å². The lowest BCUT2D eigenvalue weighted by Gasteiger charge is -2.14. The van der Waals surface area contributed by atoms with Gasteiger partial charge in [0.1, 0.15) is 0 Å². The summed E-state index contributed by atoms with van der Waals surface area (Å²) < 4.78 is 2.34. The van der Waals surface area contributed by atoms with Crippen LogP contribution in [0.15, 0.2) is 18.7 Å². The van der Waals surface area contributed by atoms with Crippen molar-refractivity contribution in [2.45, 2.75) is 12.8 Å². The summed E-state index contributed by atoms with van der Waals surface area (Å²) in [4.78, 5) is 0. The Bertz CT molecular complexity index is 834. The molecule has 128 valence electrons. The number of benzene rings is 2. The van der Waals surface area contributed by atoms with Crippen molar-refractivity contribution in [1.29, 1.82) is 0 Å². The van der Waals surface area contributed by atoms with Gasteiger partial charge in [0.2, 0.25) is 0 Å². The first-order valence-electron chi connectivity index (χ1n) is 6.62. The smallest absolute Gasteiger partial charge is 0.172 e. The minimum atomic E-state index is -0.134. The van der Waals surface area contributed by atoms with Gasteiger partial charge in [0, 0.05) is 0 Å². The van der Waals surface area contributed by atoms with Crippen LogP contribution in [0.3, 0.4) is 0 Å². The van der Waals surface area contributed by atoms with Gasteiger partial charge in [-0.2, -0.15) is 0 Å². The SMILES string of the molecule is C=C(CCc1cc(I)c(O)c(O)c1I)c1cc(I)c(O)c(O)c1I. The molecule has 2 rings (SSSR count). The maximum Gasteiger partial charge on any atom is 0.172 e. The molecule has 0 heterocycles. The van der Waals surface area contributed by atoms with Crippen LogP contribution in [0.2, 0.25) is 0 Å². The normalized spacial score (nSPS) is 10.8. The Morgan fingerprint density at radius 2 is 1.29 bits per heavy atom. The predicted octanol–water partition coefficient (Wildman–Crippen LogP) is 5.57. The van der Waals surface area contributed by atoms with Gasteiger partial charge in [0.25, 0.3) is 0 Å². The van der Waals surface area contributed by atoms with Gasteiger partial charge < -0.3 is 20.4 Å². The van der Waals surface area contributed by atoms with Crippen LogP contribution in [-0.2, 0) is 6.42 Å². The molecular formula is C16H12I4O4. The molecule has 24 heavy (non-hydrogen) atoms. The zero-order valence-corrected chi connectivity index (χ0v) is 20.7. The standard InChI is InChI=1S/C16H12I4O4/c1-6(8-5-10(18)14(22)16(24)12(8)20)2-3-7-4-9(17)13(21)15(23)11(7)19/h4-5,21-24H,1-3H2. The summed E-state index contributed by atoms with van der Waals surface area (Å²) in [6.45, 7) is 4.09. The summed E-state index contributed by atoms with van der Waals surface area (Å²) in [5, 5.41) is 39.5. The third-order valence-corrected chi connectivity index (χ3v) is 7.42. The van der Waals surface area contributed by atoms with Crippen LogP contribution < -0.4 is 0 Å². The lowest BCUT2D eigenvalue weighted by atomic mass is 9.99. The molecule has 4 nitrogen and oxygen atoms in total. The molecule has 2 aromatic carbocycles. The maximum atomic E-state index is 9.98. The number of halogens is 4. The van der Waals surface area contributed by atoms with Gasteiger partial charge >= 0.3 is 0 Å². The van der Waals surface area contributed by atoms with Crippen molar-refractivity contribution in [2.75, 3.05) is 0 Å². The molecule has 0 aliphatic carbocycles. The van der Waals surface area contributed by atoms with Gasteiger partial charge in [0.15, 0.2) is 23.0 Å². The second kappa shape index (κ2) is 8.33. The zero-order valence-electron chi connectivity index (χ0n) is 12.1. The molecule has 0 unspecified atom stereocenters. The summed E-state index contributed by atoms with van der Waals surface area (Å²) in [7, 11) is 0. The lowest BCUT2D eigenvalue weighted by molar-refractivity contribution is 0.398. The quantitative estimate of drug-likeness (QED) is 0.242. The second-order valence-electron chi connectivity index (χ2n) is 5.05. The van der Waals surface area contributed by atoms with Gasteiger partial charge in [-0.3, -0.25) is 0 Å². The second-order valence-corrected chi connectivity index (χ2v) is 9.53. The molecule has 0 aliphatic rings. The molecule has 0 fully saturated rings. The largest absolute Gasteiger partial charge is 0.504 e. The van der Waals surface area contributed by atoms with Gasteiger partial charge in [0.05, 0.1) is 14.3 Å². The molecule has 0 saturated carbocycles. The summed E-state index contributed by atoms with van der Waals surface area (Å²) in [5.41, 5.74) is 2.54. The fraction of sp³-hybridized carbons (Fsp3) is 0.125. The van der Waals surface area contributed by atoms with Crippen molar-refractivity contribution >= 4 is 95.9 Å². The Labute approximate surface area is 193 Å². The monoisotopic (exact) mass is 776 g/mol. The Morgan fingerprint density at radius 3 is 1.88 bits per heavy atom. The molecule has 0 spiro atoms. The van der Waals surface area contributed by atoms with E-state index in [4.69, 9.17) is 0 Å². The van der Waals surface area contributed by atoms with Crippen LogP contribution in [0.1, 0.15) is 17.5 Å². The van der Waals surface area contributed by atoms with E-state index < -0.39 is 0 Å². The van der Waals surface area contributed by atoms with Crippen molar-refractivity contribution in [3.05, 3.63) is 44.1 Å². The number of aromatic hydroxyl groups is 4. The molecule has 2 aromatic rings. The van der Waals surface area contributed by atoms with Crippen molar-refractivity contribution in [2.24, 2.45) is 0 Å². The first-order valence-corrected chi connectivity index (χ1v) is 10.9. The summed E-state index contributed by atoms with van der Waals surface area (Å²) in [6, 6.07) is 3.64. The highest BCUT2D eigenvalue weighted by Crippen LogP contribution is 2.41. The molecule has 8 heteroatoms. The maximum absolute atomic E-state index is 9.98. The summed E-state index contributed by atoms with van der Waals surface area (Å²) >= 11 is 7.95. The van der Waals surface area contributed by atoms with E-state index in [1.165, 1.54) is 0 Å². The molecule has 0 saturated heterocycles. The summed E-state index contributed by atoms with van der Waals surface area (Å²) in [6.07, 6.45) is 1.25. The summed E-state index contributed by atoms with van der Waals surface area (Å²) in [5.74, 6) is -0.459. The van der Waals surface area contributed by atoms with Crippen LogP contribution in [0.5, 0.6) is 23.0 Å². The lowest BCUT2D eigenvalue weighted by Crippen LogP contribution is -1.96. The fourth-order valence-corrected chi connectivity index (χ4v) is 4.79. The number of aryl methyl sites for hydroxylation is 1. The molecule has 0 radical (unpaired) electrons. The first kappa shape index (κ1) is 20.6. The molecular weight excluding hydrogens is 764 g/mol.